The molecule has 0 N–H and O–H groups in total. The fraction of sp³-hybridized carbons (Fsp3) is 0.632. The number of nitrogens with zero attached hydrogens (tertiary/aromatic N) is 1. The molecule has 0 amide bonds. The number of ether oxygens (including phenoxy) is 1. The molecule has 1 aromatic carbocycles. The van der Waals surface area contributed by atoms with Crippen LogP contribution in [0.15, 0.2) is 30.3 Å². The van der Waals surface area contributed by atoms with Gasteiger partial charge in [-0.3, -0.25) is 4.79 Å². The van der Waals surface area contributed by atoms with Crippen molar-refractivity contribution in [1.82, 2.24) is 0 Å². The maximum absolute atomic E-state index is 11.8. The van der Waals surface area contributed by atoms with E-state index >= 15 is 0 Å². The summed E-state index contributed by atoms with van der Waals surface area (Å²) in [6.45, 7) is 2.31. The number of hydrogen-bond acceptors (Lipinski definition) is 4. The Hall–Kier alpha value is -0.360. The van der Waals surface area contributed by atoms with Gasteiger partial charge in [0.2, 0.25) is 0 Å². The quantitative estimate of drug-likeness (QED) is 0.256. The molecule has 1 aliphatic heterocycles. The van der Waals surface area contributed by atoms with Crippen molar-refractivity contribution in [2.24, 2.45) is 0 Å². The predicted molar refractivity (Wildman–Crippen MR) is 105 cm³/mol. The first-order valence-electron chi connectivity index (χ1n) is 8.85. The van der Waals surface area contributed by atoms with Crippen molar-refractivity contribution in [2.45, 2.75) is 43.9 Å². The first-order valence-corrected chi connectivity index (χ1v) is 11.2. The van der Waals surface area contributed by atoms with E-state index in [-0.39, 0.29) is 18.4 Å². The Kier molecular flexibility index (Phi) is 11.0. The lowest BCUT2D eigenvalue weighted by atomic mass is 10.1. The average Bonchev–Trinajstić information content (AvgIpc) is 3.05. The Bertz CT molecular complexity index is 493. The summed E-state index contributed by atoms with van der Waals surface area (Å²) < 4.78 is 6.25. The first-order chi connectivity index (χ1) is 11.6. The lowest BCUT2D eigenvalue weighted by Crippen LogP contribution is -3.00. The van der Waals surface area contributed by atoms with Crippen LogP contribution in [0, 0.1) is 0 Å². The Morgan fingerprint density at radius 1 is 1.24 bits per heavy atom. The Morgan fingerprint density at radius 2 is 2.00 bits per heavy atom. The van der Waals surface area contributed by atoms with Crippen LogP contribution in [0.4, 0.5) is 0 Å². The molecule has 1 fully saturated rings. The lowest BCUT2D eigenvalue weighted by molar-refractivity contribution is -0.903. The van der Waals surface area contributed by atoms with E-state index < -0.39 is 0 Å². The molecule has 1 saturated heterocycles. The highest BCUT2D eigenvalue weighted by molar-refractivity contribution is 8.77. The van der Waals surface area contributed by atoms with Gasteiger partial charge in [0.15, 0.2) is 0 Å². The summed E-state index contributed by atoms with van der Waals surface area (Å²) in [6.07, 6.45) is 5.24. The van der Waals surface area contributed by atoms with Crippen molar-refractivity contribution in [1.29, 1.82) is 0 Å². The molecule has 6 heteroatoms. The van der Waals surface area contributed by atoms with E-state index in [2.05, 4.69) is 38.4 Å². The number of unbranched alkanes of at least 4 members (excludes halogenated alkanes) is 1. The van der Waals surface area contributed by atoms with Crippen molar-refractivity contribution in [3.05, 3.63) is 35.9 Å². The van der Waals surface area contributed by atoms with Gasteiger partial charge in [0, 0.05) is 23.0 Å². The molecule has 0 radical (unpaired) electrons. The molecule has 0 bridgehead atoms. The number of halogens is 1. The third-order valence-electron chi connectivity index (χ3n) is 4.30. The summed E-state index contributed by atoms with van der Waals surface area (Å²) >= 11 is 0. The second kappa shape index (κ2) is 12.1. The molecule has 25 heavy (non-hydrogen) atoms. The minimum Gasteiger partial charge on any atom is -1.00 e. The average molecular weight is 404 g/mol. The standard InChI is InChI=1S/C19H30NO2S2.ClH/c1-20(2,16-17-8-4-3-5-9-17)13-14-22-19(21)11-7-6-10-18-12-15-23-24-18;/h3-5,8-9,18H,6-7,10-16H2,1-2H3;1H/q+1;/p-1/t18-;/m1./s1. The largest absolute Gasteiger partial charge is 1.00 e. The molecule has 0 spiro atoms. The van der Waals surface area contributed by atoms with Crippen LogP contribution in [-0.4, -0.2) is 48.7 Å². The van der Waals surface area contributed by atoms with Gasteiger partial charge in [0.25, 0.3) is 0 Å². The number of quaternary nitrogens is 1. The molecule has 142 valence electrons. The normalized spacial score (nSPS) is 17.1. The summed E-state index contributed by atoms with van der Waals surface area (Å²) in [4.78, 5) is 11.8. The van der Waals surface area contributed by atoms with Crippen LogP contribution < -0.4 is 12.4 Å². The number of carbonyl (C=O) groups excluding carboxylic acids is 1. The molecule has 2 rings (SSSR count). The molecule has 1 aliphatic rings. The zero-order valence-corrected chi connectivity index (χ0v) is 17.7. The zero-order valence-electron chi connectivity index (χ0n) is 15.3. The second-order valence-corrected chi connectivity index (χ2v) is 9.89. The van der Waals surface area contributed by atoms with Crippen molar-refractivity contribution >= 4 is 27.6 Å². The summed E-state index contributed by atoms with van der Waals surface area (Å²) in [6, 6.07) is 10.5. The van der Waals surface area contributed by atoms with E-state index in [1.807, 2.05) is 27.7 Å². The number of carbonyl (C=O) groups is 1. The number of rotatable bonds is 10. The van der Waals surface area contributed by atoms with Crippen LogP contribution in [0.25, 0.3) is 0 Å². The molecular formula is C19H30ClNO2S2. The summed E-state index contributed by atoms with van der Waals surface area (Å²) in [5.41, 5.74) is 1.32. The van der Waals surface area contributed by atoms with Gasteiger partial charge < -0.3 is 21.6 Å². The minimum absolute atomic E-state index is 0. The molecular weight excluding hydrogens is 374 g/mol. The van der Waals surface area contributed by atoms with E-state index in [0.29, 0.717) is 13.0 Å². The van der Waals surface area contributed by atoms with E-state index in [0.717, 1.165) is 35.7 Å². The summed E-state index contributed by atoms with van der Waals surface area (Å²) in [5.74, 6) is 1.25. The van der Waals surface area contributed by atoms with Crippen molar-refractivity contribution < 1.29 is 26.4 Å². The maximum atomic E-state index is 11.8. The third kappa shape index (κ3) is 9.78. The molecule has 0 saturated carbocycles. The zero-order chi connectivity index (χ0) is 17.3. The topological polar surface area (TPSA) is 26.3 Å². The fourth-order valence-electron chi connectivity index (χ4n) is 2.84. The van der Waals surface area contributed by atoms with Crippen LogP contribution in [0.2, 0.25) is 0 Å². The van der Waals surface area contributed by atoms with Gasteiger partial charge in [-0.1, -0.05) is 58.3 Å². The number of esters is 1. The van der Waals surface area contributed by atoms with Gasteiger partial charge in [0.1, 0.15) is 19.7 Å². The number of benzene rings is 1. The number of likely N-dealkylation sites (N-methyl/N-ethyl adjacent to an activating group) is 1. The van der Waals surface area contributed by atoms with Gasteiger partial charge in [-0.15, -0.1) is 0 Å². The van der Waals surface area contributed by atoms with E-state index in [9.17, 15) is 4.79 Å². The predicted octanol–water partition coefficient (Wildman–Crippen LogP) is 1.52. The van der Waals surface area contributed by atoms with Crippen molar-refractivity contribution in [2.75, 3.05) is 33.0 Å². The Balaban J connectivity index is 0.00000312. The number of hydrogen-bond donors (Lipinski definition) is 0. The molecule has 1 aromatic rings. The van der Waals surface area contributed by atoms with Crippen LogP contribution in [-0.2, 0) is 16.1 Å². The van der Waals surface area contributed by atoms with E-state index in [1.165, 1.54) is 24.2 Å². The molecule has 3 nitrogen and oxygen atoms in total. The highest BCUT2D eigenvalue weighted by atomic mass is 35.5. The minimum atomic E-state index is -0.0387. The van der Waals surface area contributed by atoms with Crippen LogP contribution in [0.1, 0.15) is 37.7 Å². The highest BCUT2D eigenvalue weighted by Gasteiger charge is 2.18. The van der Waals surface area contributed by atoms with Gasteiger partial charge >= 0.3 is 5.97 Å². The third-order valence-corrected chi connectivity index (χ3v) is 7.30. The van der Waals surface area contributed by atoms with Gasteiger partial charge in [0.05, 0.1) is 14.1 Å². The monoisotopic (exact) mass is 403 g/mol. The van der Waals surface area contributed by atoms with E-state index in [1.54, 1.807) is 0 Å². The molecule has 0 aromatic heterocycles. The smallest absolute Gasteiger partial charge is 0.305 e. The Morgan fingerprint density at radius 3 is 2.68 bits per heavy atom. The first kappa shape index (κ1) is 22.7. The summed E-state index contributed by atoms with van der Waals surface area (Å²) in [5, 5.41) is 0.808. The SMILES string of the molecule is C[N+](C)(CCOC(=O)CCCC[C@@H]1CCSS1)Cc1ccccc1.[Cl-]. The summed E-state index contributed by atoms with van der Waals surface area (Å²) in [7, 11) is 8.36. The molecule has 1 heterocycles. The lowest BCUT2D eigenvalue weighted by Gasteiger charge is -2.29. The Labute approximate surface area is 166 Å². The van der Waals surface area contributed by atoms with Crippen LogP contribution in [0.5, 0.6) is 0 Å². The maximum Gasteiger partial charge on any atom is 0.305 e. The molecule has 0 unspecified atom stereocenters. The fourth-order valence-corrected chi connectivity index (χ4v) is 5.87. The molecule has 1 atom stereocenters. The van der Waals surface area contributed by atoms with Crippen LogP contribution in [0.3, 0.4) is 0 Å². The molecule has 0 aliphatic carbocycles. The highest BCUT2D eigenvalue weighted by Crippen LogP contribution is 2.39. The second-order valence-electron chi connectivity index (χ2n) is 7.10. The van der Waals surface area contributed by atoms with Crippen molar-refractivity contribution in [3.8, 4) is 0 Å². The van der Waals surface area contributed by atoms with Gasteiger partial charge in [-0.2, -0.15) is 0 Å². The van der Waals surface area contributed by atoms with Crippen molar-refractivity contribution in [3.63, 3.8) is 0 Å². The van der Waals surface area contributed by atoms with Gasteiger partial charge in [-0.25, -0.2) is 0 Å². The van der Waals surface area contributed by atoms with Gasteiger partial charge in [-0.05, 0) is 19.3 Å². The van der Waals surface area contributed by atoms with E-state index in [4.69, 9.17) is 4.74 Å². The van der Waals surface area contributed by atoms with Crippen LogP contribution >= 0.6 is 21.6 Å².